The van der Waals surface area contributed by atoms with Crippen molar-refractivity contribution in [3.63, 3.8) is 0 Å². The maximum absolute atomic E-state index is 11.6. The van der Waals surface area contributed by atoms with Gasteiger partial charge in [-0.05, 0) is 24.0 Å². The average molecular weight is 323 g/mol. The molecule has 0 aliphatic heterocycles. The Balaban J connectivity index is 2.50. The number of anilines is 2. The van der Waals surface area contributed by atoms with Gasteiger partial charge in [0.25, 0.3) is 5.91 Å². The predicted octanol–water partition coefficient (Wildman–Crippen LogP) is 2.80. The van der Waals surface area contributed by atoms with Crippen molar-refractivity contribution < 1.29 is 4.79 Å². The Morgan fingerprint density at radius 1 is 1.48 bits per heavy atom. The standard InChI is InChI=1S/C14H15ClN4OS/c1-19(10-5-3-4-9(6-10)7-15)13-11(12(16)20)8-17-14(18-13)21-2/h3-6,8H,7H2,1-2H3,(H2,16,20). The van der Waals surface area contributed by atoms with Crippen LogP contribution in [-0.2, 0) is 5.88 Å². The van der Waals surface area contributed by atoms with Crippen molar-refractivity contribution >= 4 is 40.8 Å². The number of alkyl halides is 1. The highest BCUT2D eigenvalue weighted by Crippen LogP contribution is 2.27. The fourth-order valence-electron chi connectivity index (χ4n) is 1.86. The summed E-state index contributed by atoms with van der Waals surface area (Å²) in [6.45, 7) is 0. The molecule has 2 aromatic rings. The minimum Gasteiger partial charge on any atom is -0.365 e. The lowest BCUT2D eigenvalue weighted by Crippen LogP contribution is -2.20. The normalized spacial score (nSPS) is 10.4. The number of benzene rings is 1. The highest BCUT2D eigenvalue weighted by atomic mass is 35.5. The number of amides is 1. The molecule has 7 heteroatoms. The number of hydrogen-bond donors (Lipinski definition) is 1. The van der Waals surface area contributed by atoms with E-state index in [4.69, 9.17) is 17.3 Å². The lowest BCUT2D eigenvalue weighted by atomic mass is 10.2. The highest BCUT2D eigenvalue weighted by Gasteiger charge is 2.17. The van der Waals surface area contributed by atoms with Gasteiger partial charge < -0.3 is 10.6 Å². The molecule has 1 amide bonds. The summed E-state index contributed by atoms with van der Waals surface area (Å²) in [5, 5.41) is 0.579. The Morgan fingerprint density at radius 3 is 2.86 bits per heavy atom. The number of carbonyl (C=O) groups excluding carboxylic acids is 1. The van der Waals surface area contributed by atoms with Gasteiger partial charge >= 0.3 is 0 Å². The van der Waals surface area contributed by atoms with Crippen LogP contribution in [0.1, 0.15) is 15.9 Å². The fraction of sp³-hybridized carbons (Fsp3) is 0.214. The number of aromatic nitrogens is 2. The number of rotatable bonds is 5. The molecule has 0 saturated carbocycles. The van der Waals surface area contributed by atoms with E-state index in [0.717, 1.165) is 11.3 Å². The van der Waals surface area contributed by atoms with Crippen LogP contribution in [0, 0.1) is 0 Å². The quantitative estimate of drug-likeness (QED) is 0.520. The van der Waals surface area contributed by atoms with Gasteiger partial charge in [-0.2, -0.15) is 0 Å². The summed E-state index contributed by atoms with van der Waals surface area (Å²) in [6.07, 6.45) is 3.33. The van der Waals surface area contributed by atoms with Crippen LogP contribution in [0.25, 0.3) is 0 Å². The first-order valence-corrected chi connectivity index (χ1v) is 7.92. The molecular weight excluding hydrogens is 308 g/mol. The molecule has 0 bridgehead atoms. The number of primary amides is 1. The predicted molar refractivity (Wildman–Crippen MR) is 86.4 cm³/mol. The molecule has 0 unspecified atom stereocenters. The number of nitrogens with zero attached hydrogens (tertiary/aromatic N) is 3. The van der Waals surface area contributed by atoms with Crippen molar-refractivity contribution in [1.29, 1.82) is 0 Å². The molecule has 1 aromatic carbocycles. The van der Waals surface area contributed by atoms with Gasteiger partial charge in [0.1, 0.15) is 11.4 Å². The molecule has 1 heterocycles. The van der Waals surface area contributed by atoms with Gasteiger partial charge in [-0.15, -0.1) is 11.6 Å². The van der Waals surface area contributed by atoms with Crippen LogP contribution in [0.2, 0.25) is 0 Å². The van der Waals surface area contributed by atoms with Gasteiger partial charge in [0.15, 0.2) is 5.16 Å². The lowest BCUT2D eigenvalue weighted by Gasteiger charge is -2.21. The van der Waals surface area contributed by atoms with E-state index in [0.29, 0.717) is 16.9 Å². The van der Waals surface area contributed by atoms with Crippen LogP contribution in [0.5, 0.6) is 0 Å². The second-order valence-corrected chi connectivity index (χ2v) is 5.36. The van der Waals surface area contributed by atoms with E-state index < -0.39 is 5.91 Å². The van der Waals surface area contributed by atoms with Crippen LogP contribution in [0.4, 0.5) is 11.5 Å². The Hall–Kier alpha value is -1.79. The molecule has 0 aliphatic carbocycles. The van der Waals surface area contributed by atoms with Gasteiger partial charge in [0, 0.05) is 24.8 Å². The van der Waals surface area contributed by atoms with Crippen LogP contribution in [-0.4, -0.2) is 29.2 Å². The molecule has 2 rings (SSSR count). The van der Waals surface area contributed by atoms with Crippen LogP contribution in [0.3, 0.4) is 0 Å². The number of carbonyl (C=O) groups is 1. The largest absolute Gasteiger partial charge is 0.365 e. The Morgan fingerprint density at radius 2 is 2.24 bits per heavy atom. The van der Waals surface area contributed by atoms with Crippen LogP contribution >= 0.6 is 23.4 Å². The van der Waals surface area contributed by atoms with E-state index in [1.165, 1.54) is 18.0 Å². The van der Waals surface area contributed by atoms with Gasteiger partial charge in [-0.25, -0.2) is 9.97 Å². The Kier molecular flexibility index (Phi) is 5.03. The Bertz CT molecular complexity index is 665. The number of thioether (sulfide) groups is 1. The van der Waals surface area contributed by atoms with Crippen molar-refractivity contribution in [2.45, 2.75) is 11.0 Å². The number of halogens is 1. The molecule has 0 spiro atoms. The smallest absolute Gasteiger partial charge is 0.254 e. The summed E-state index contributed by atoms with van der Waals surface area (Å²) in [7, 11) is 1.83. The molecule has 110 valence electrons. The van der Waals surface area contributed by atoms with E-state index in [-0.39, 0.29) is 5.56 Å². The molecular formula is C14H15ClN4OS. The zero-order valence-corrected chi connectivity index (χ0v) is 13.3. The molecule has 0 aliphatic rings. The molecule has 21 heavy (non-hydrogen) atoms. The van der Waals surface area contributed by atoms with Gasteiger partial charge in [-0.1, -0.05) is 23.9 Å². The molecule has 1 aromatic heterocycles. The maximum atomic E-state index is 11.6. The van der Waals surface area contributed by atoms with E-state index >= 15 is 0 Å². The maximum Gasteiger partial charge on any atom is 0.254 e. The van der Waals surface area contributed by atoms with E-state index in [1.807, 2.05) is 37.6 Å². The van der Waals surface area contributed by atoms with E-state index in [2.05, 4.69) is 9.97 Å². The summed E-state index contributed by atoms with van der Waals surface area (Å²) >= 11 is 7.26. The summed E-state index contributed by atoms with van der Waals surface area (Å²) < 4.78 is 0. The van der Waals surface area contributed by atoms with Crippen molar-refractivity contribution in [2.75, 3.05) is 18.2 Å². The summed E-state index contributed by atoms with van der Waals surface area (Å²) in [5.74, 6) is 0.344. The van der Waals surface area contributed by atoms with E-state index in [9.17, 15) is 4.79 Å². The number of nitrogens with two attached hydrogens (primary N) is 1. The van der Waals surface area contributed by atoms with Gasteiger partial charge in [0.05, 0.1) is 0 Å². The second-order valence-electron chi connectivity index (χ2n) is 4.32. The third-order valence-corrected chi connectivity index (χ3v) is 3.83. The third kappa shape index (κ3) is 3.46. The van der Waals surface area contributed by atoms with Crippen molar-refractivity contribution in [2.24, 2.45) is 5.73 Å². The fourth-order valence-corrected chi connectivity index (χ4v) is 2.36. The van der Waals surface area contributed by atoms with Crippen molar-refractivity contribution in [3.8, 4) is 0 Å². The number of hydrogen-bond acceptors (Lipinski definition) is 5. The van der Waals surface area contributed by atoms with Gasteiger partial charge in [0.2, 0.25) is 0 Å². The molecule has 0 fully saturated rings. The lowest BCUT2D eigenvalue weighted by molar-refractivity contribution is 0.1000. The van der Waals surface area contributed by atoms with Crippen molar-refractivity contribution in [1.82, 2.24) is 9.97 Å². The molecule has 5 nitrogen and oxygen atoms in total. The zero-order chi connectivity index (χ0) is 15.4. The molecule has 0 radical (unpaired) electrons. The zero-order valence-electron chi connectivity index (χ0n) is 11.7. The van der Waals surface area contributed by atoms with Crippen LogP contribution in [0.15, 0.2) is 35.6 Å². The first-order chi connectivity index (χ1) is 10.1. The Labute approximate surface area is 132 Å². The summed E-state index contributed by atoms with van der Waals surface area (Å²) in [4.78, 5) is 21.9. The summed E-state index contributed by atoms with van der Waals surface area (Å²) in [6, 6.07) is 7.71. The highest BCUT2D eigenvalue weighted by molar-refractivity contribution is 7.98. The molecule has 0 saturated heterocycles. The minimum atomic E-state index is -0.557. The summed E-state index contributed by atoms with van der Waals surface area (Å²) in [5.41, 5.74) is 7.55. The van der Waals surface area contributed by atoms with Gasteiger partial charge in [-0.3, -0.25) is 4.79 Å². The topological polar surface area (TPSA) is 72.1 Å². The third-order valence-electron chi connectivity index (χ3n) is 2.96. The van der Waals surface area contributed by atoms with E-state index in [1.54, 1.807) is 4.90 Å². The first-order valence-electron chi connectivity index (χ1n) is 6.16. The monoisotopic (exact) mass is 322 g/mol. The van der Waals surface area contributed by atoms with Crippen molar-refractivity contribution in [3.05, 3.63) is 41.6 Å². The average Bonchev–Trinajstić information content (AvgIpc) is 2.53. The van der Waals surface area contributed by atoms with Crippen LogP contribution < -0.4 is 10.6 Å². The molecule has 0 atom stereocenters. The minimum absolute atomic E-state index is 0.284. The SMILES string of the molecule is CSc1ncc(C(N)=O)c(N(C)c2cccc(CCl)c2)n1. The second kappa shape index (κ2) is 6.78. The first kappa shape index (κ1) is 15.6. The molecule has 2 N–H and O–H groups in total.